The maximum Gasteiger partial charge on any atom is 0.258 e. The first-order valence-electron chi connectivity index (χ1n) is 10.3. The molecule has 4 rings (SSSR count). The molecule has 0 bridgehead atoms. The van der Waals surface area contributed by atoms with Crippen LogP contribution in [0.5, 0.6) is 5.75 Å². The van der Waals surface area contributed by atoms with Gasteiger partial charge in [-0.25, -0.2) is 0 Å². The standard InChI is InChI=1S/C24H25N3O4S/c1-5-31-23-9-7-16(15(2)32(29)30)10-21(23)22-14-26(3)24(28)19-8-6-17(11-20(19)22)18-12-25-27(4)13-18/h6-15H,5H2,1-4H3,(H,29,30)/p-1. The van der Waals surface area contributed by atoms with Crippen LogP contribution in [0, 0.1) is 0 Å². The molecule has 2 aromatic heterocycles. The number of ether oxygens (including phenoxy) is 1. The van der Waals surface area contributed by atoms with E-state index in [9.17, 15) is 13.6 Å². The molecule has 0 aliphatic carbocycles. The van der Waals surface area contributed by atoms with Crippen molar-refractivity contribution in [3.05, 3.63) is 70.9 Å². The minimum atomic E-state index is -2.25. The number of fused-ring (bicyclic) bond motifs is 1. The molecule has 0 aliphatic heterocycles. The fraction of sp³-hybridized carbons (Fsp3) is 0.250. The maximum atomic E-state index is 12.9. The Hall–Kier alpha value is -3.23. The zero-order valence-corrected chi connectivity index (χ0v) is 19.2. The highest BCUT2D eigenvalue weighted by Gasteiger charge is 2.17. The Kier molecular flexibility index (Phi) is 5.99. The van der Waals surface area contributed by atoms with Crippen molar-refractivity contribution in [3.63, 3.8) is 0 Å². The summed E-state index contributed by atoms with van der Waals surface area (Å²) in [6.07, 6.45) is 5.47. The number of pyridine rings is 1. The third kappa shape index (κ3) is 3.99. The number of nitrogens with zero attached hydrogens (tertiary/aromatic N) is 3. The molecule has 2 unspecified atom stereocenters. The molecule has 2 heterocycles. The summed E-state index contributed by atoms with van der Waals surface area (Å²) < 4.78 is 32.3. The summed E-state index contributed by atoms with van der Waals surface area (Å²) in [5.74, 6) is 0.631. The summed E-state index contributed by atoms with van der Waals surface area (Å²) in [6.45, 7) is 3.99. The van der Waals surface area contributed by atoms with Crippen LogP contribution >= 0.6 is 0 Å². The maximum absolute atomic E-state index is 12.9. The Morgan fingerprint density at radius 1 is 1.06 bits per heavy atom. The van der Waals surface area contributed by atoms with Crippen LogP contribution in [0.15, 0.2) is 59.8 Å². The number of rotatable bonds is 6. The van der Waals surface area contributed by atoms with Gasteiger partial charge in [-0.05, 0) is 65.7 Å². The largest absolute Gasteiger partial charge is 0.772 e. The third-order valence-electron chi connectivity index (χ3n) is 5.57. The van der Waals surface area contributed by atoms with Gasteiger partial charge in [-0.1, -0.05) is 12.1 Å². The monoisotopic (exact) mass is 450 g/mol. The quantitative estimate of drug-likeness (QED) is 0.415. The molecule has 0 aliphatic rings. The first kappa shape index (κ1) is 22.0. The molecular formula is C24H24N3O4S-. The second-order valence-corrected chi connectivity index (χ2v) is 8.94. The van der Waals surface area contributed by atoms with Gasteiger partial charge in [0.2, 0.25) is 0 Å². The van der Waals surface area contributed by atoms with Gasteiger partial charge in [0.25, 0.3) is 5.56 Å². The fourth-order valence-corrected chi connectivity index (χ4v) is 4.20. The molecule has 0 saturated heterocycles. The summed E-state index contributed by atoms with van der Waals surface area (Å²) in [5.41, 5.74) is 3.96. The first-order chi connectivity index (χ1) is 15.3. The highest BCUT2D eigenvalue weighted by molar-refractivity contribution is 7.79. The highest BCUT2D eigenvalue weighted by Crippen LogP contribution is 2.38. The minimum Gasteiger partial charge on any atom is -0.772 e. The van der Waals surface area contributed by atoms with Crippen molar-refractivity contribution < 1.29 is 13.5 Å². The number of benzene rings is 2. The van der Waals surface area contributed by atoms with E-state index in [-0.39, 0.29) is 5.56 Å². The molecule has 32 heavy (non-hydrogen) atoms. The van der Waals surface area contributed by atoms with Gasteiger partial charge in [0, 0.05) is 53.8 Å². The Morgan fingerprint density at radius 3 is 2.50 bits per heavy atom. The molecule has 0 amide bonds. The van der Waals surface area contributed by atoms with Crippen molar-refractivity contribution in [2.45, 2.75) is 19.1 Å². The zero-order valence-electron chi connectivity index (χ0n) is 18.4. The highest BCUT2D eigenvalue weighted by atomic mass is 32.2. The average Bonchev–Trinajstić information content (AvgIpc) is 3.22. The van der Waals surface area contributed by atoms with Crippen molar-refractivity contribution >= 4 is 21.9 Å². The predicted octanol–water partition coefficient (Wildman–Crippen LogP) is 3.94. The summed E-state index contributed by atoms with van der Waals surface area (Å²) in [7, 11) is 3.56. The van der Waals surface area contributed by atoms with Crippen LogP contribution in [0.3, 0.4) is 0 Å². The number of aromatic nitrogens is 3. The van der Waals surface area contributed by atoms with Crippen LogP contribution in [-0.4, -0.2) is 29.7 Å². The lowest BCUT2D eigenvalue weighted by atomic mass is 9.95. The lowest BCUT2D eigenvalue weighted by Crippen LogP contribution is -2.16. The zero-order chi connectivity index (χ0) is 23.0. The Labute approximate surface area is 188 Å². The van der Waals surface area contributed by atoms with E-state index in [1.807, 2.05) is 44.4 Å². The average molecular weight is 451 g/mol. The summed E-state index contributed by atoms with van der Waals surface area (Å²) in [5, 5.41) is 4.91. The van der Waals surface area contributed by atoms with Crippen molar-refractivity contribution in [2.24, 2.45) is 14.1 Å². The molecule has 0 N–H and O–H groups in total. The van der Waals surface area contributed by atoms with Crippen LogP contribution < -0.4 is 10.3 Å². The van der Waals surface area contributed by atoms with Crippen molar-refractivity contribution in [1.82, 2.24) is 14.3 Å². The van der Waals surface area contributed by atoms with Gasteiger partial charge < -0.3 is 13.9 Å². The lowest BCUT2D eigenvalue weighted by Gasteiger charge is -2.19. The number of aryl methyl sites for hydroxylation is 2. The molecule has 4 aromatic rings. The van der Waals surface area contributed by atoms with Crippen LogP contribution in [-0.2, 0) is 25.2 Å². The fourth-order valence-electron chi connectivity index (χ4n) is 3.83. The van der Waals surface area contributed by atoms with Crippen LogP contribution in [0.25, 0.3) is 33.0 Å². The van der Waals surface area contributed by atoms with Gasteiger partial charge in [0.1, 0.15) is 5.75 Å². The Morgan fingerprint density at radius 2 is 1.84 bits per heavy atom. The first-order valence-corrected chi connectivity index (χ1v) is 11.4. The lowest BCUT2D eigenvalue weighted by molar-refractivity contribution is 0.341. The minimum absolute atomic E-state index is 0.107. The molecule has 0 fully saturated rings. The molecule has 8 heteroatoms. The van der Waals surface area contributed by atoms with Gasteiger partial charge in [-0.2, -0.15) is 5.10 Å². The van der Waals surface area contributed by atoms with E-state index < -0.39 is 16.3 Å². The van der Waals surface area contributed by atoms with Gasteiger partial charge in [-0.3, -0.25) is 13.7 Å². The van der Waals surface area contributed by atoms with Crippen molar-refractivity contribution in [3.8, 4) is 28.0 Å². The van der Waals surface area contributed by atoms with E-state index in [2.05, 4.69) is 5.10 Å². The molecule has 0 saturated carbocycles. The van der Waals surface area contributed by atoms with Gasteiger partial charge in [-0.15, -0.1) is 0 Å². The molecule has 0 spiro atoms. The van der Waals surface area contributed by atoms with E-state index in [1.165, 1.54) is 0 Å². The van der Waals surface area contributed by atoms with E-state index in [1.54, 1.807) is 47.7 Å². The third-order valence-corrected chi connectivity index (χ3v) is 6.42. The van der Waals surface area contributed by atoms with E-state index in [4.69, 9.17) is 4.74 Å². The topological polar surface area (TPSA) is 89.2 Å². The van der Waals surface area contributed by atoms with Crippen LogP contribution in [0.2, 0.25) is 0 Å². The Balaban J connectivity index is 2.02. The molecule has 2 aromatic carbocycles. The summed E-state index contributed by atoms with van der Waals surface area (Å²) in [6, 6.07) is 11.1. The number of hydrogen-bond donors (Lipinski definition) is 0. The van der Waals surface area contributed by atoms with Crippen molar-refractivity contribution in [1.29, 1.82) is 0 Å². The van der Waals surface area contributed by atoms with Gasteiger partial charge in [0.05, 0.1) is 12.8 Å². The molecule has 0 radical (unpaired) electrons. The van der Waals surface area contributed by atoms with Gasteiger partial charge >= 0.3 is 0 Å². The van der Waals surface area contributed by atoms with E-state index >= 15 is 0 Å². The second kappa shape index (κ2) is 8.72. The molecular weight excluding hydrogens is 426 g/mol. The molecule has 166 valence electrons. The summed E-state index contributed by atoms with van der Waals surface area (Å²) in [4.78, 5) is 12.9. The smallest absolute Gasteiger partial charge is 0.258 e. The normalized spacial score (nSPS) is 13.3. The van der Waals surface area contributed by atoms with Crippen LogP contribution in [0.4, 0.5) is 0 Å². The van der Waals surface area contributed by atoms with E-state index in [0.29, 0.717) is 23.3 Å². The van der Waals surface area contributed by atoms with Crippen molar-refractivity contribution in [2.75, 3.05) is 6.61 Å². The van der Waals surface area contributed by atoms with Crippen LogP contribution in [0.1, 0.15) is 24.7 Å². The predicted molar refractivity (Wildman–Crippen MR) is 125 cm³/mol. The summed E-state index contributed by atoms with van der Waals surface area (Å²) >= 11 is -2.25. The van der Waals surface area contributed by atoms with Gasteiger partial charge in [0.15, 0.2) is 0 Å². The van der Waals surface area contributed by atoms with E-state index in [0.717, 1.165) is 27.6 Å². The number of hydrogen-bond acceptors (Lipinski definition) is 5. The SMILES string of the molecule is CCOc1ccc(C(C)S(=O)[O-])cc1-c1cn(C)c(=O)c2ccc(-c3cnn(C)c3)cc12. The Bertz CT molecular complexity index is 1390. The second-order valence-electron chi connectivity index (χ2n) is 7.71. The molecule has 2 atom stereocenters. The molecule has 7 nitrogen and oxygen atoms in total.